The molecule has 4 nitrogen and oxygen atoms in total. The average molecular weight is 215 g/mol. The van der Waals surface area contributed by atoms with Crippen molar-refractivity contribution in [1.29, 1.82) is 0 Å². The van der Waals surface area contributed by atoms with Crippen LogP contribution >= 0.6 is 0 Å². The maximum Gasteiger partial charge on any atom is 0.288 e. The van der Waals surface area contributed by atoms with Gasteiger partial charge in [-0.25, -0.2) is 5.43 Å². The summed E-state index contributed by atoms with van der Waals surface area (Å²) in [5, 5.41) is 3.74. The molecule has 2 heterocycles. The lowest BCUT2D eigenvalue weighted by Gasteiger charge is -2.02. The van der Waals surface area contributed by atoms with Gasteiger partial charge < -0.3 is 4.40 Å². The number of amides is 1. The summed E-state index contributed by atoms with van der Waals surface area (Å²) in [5.41, 5.74) is 5.05. The molecule has 0 aliphatic rings. The van der Waals surface area contributed by atoms with Crippen molar-refractivity contribution in [2.45, 2.75) is 13.8 Å². The van der Waals surface area contributed by atoms with Gasteiger partial charge in [-0.05, 0) is 37.6 Å². The predicted octanol–water partition coefficient (Wildman–Crippen LogP) is 1.98. The van der Waals surface area contributed by atoms with Gasteiger partial charge in [-0.2, -0.15) is 5.10 Å². The molecule has 0 saturated heterocycles. The largest absolute Gasteiger partial charge is 0.312 e. The van der Waals surface area contributed by atoms with Gasteiger partial charge in [0.1, 0.15) is 5.69 Å². The first-order chi connectivity index (χ1) is 7.74. The van der Waals surface area contributed by atoms with E-state index in [2.05, 4.69) is 10.5 Å². The Labute approximate surface area is 93.6 Å². The molecule has 82 valence electrons. The summed E-state index contributed by atoms with van der Waals surface area (Å²) >= 11 is 0. The van der Waals surface area contributed by atoms with Crippen molar-refractivity contribution >= 4 is 17.6 Å². The van der Waals surface area contributed by atoms with Crippen molar-refractivity contribution in [3.63, 3.8) is 0 Å². The SMILES string of the molecule is C/C=N/NC(=O)c1c(C)cc2ccccn12. The highest BCUT2D eigenvalue weighted by molar-refractivity contribution is 5.95. The summed E-state index contributed by atoms with van der Waals surface area (Å²) in [6, 6.07) is 7.78. The second-order valence-electron chi connectivity index (χ2n) is 3.50. The molecule has 0 atom stereocenters. The number of nitrogens with one attached hydrogen (secondary N) is 1. The second-order valence-corrected chi connectivity index (χ2v) is 3.50. The van der Waals surface area contributed by atoms with Crippen molar-refractivity contribution in [3.8, 4) is 0 Å². The molecule has 4 heteroatoms. The van der Waals surface area contributed by atoms with Crippen LogP contribution in [-0.4, -0.2) is 16.5 Å². The quantitative estimate of drug-likeness (QED) is 0.604. The number of hydrogen-bond donors (Lipinski definition) is 1. The fourth-order valence-electron chi connectivity index (χ4n) is 1.72. The minimum atomic E-state index is -0.193. The summed E-state index contributed by atoms with van der Waals surface area (Å²) in [5.74, 6) is -0.193. The smallest absolute Gasteiger partial charge is 0.288 e. The van der Waals surface area contributed by atoms with Crippen LogP contribution in [0.5, 0.6) is 0 Å². The fraction of sp³-hybridized carbons (Fsp3) is 0.167. The van der Waals surface area contributed by atoms with E-state index in [1.165, 1.54) is 0 Å². The number of carbonyl (C=O) groups excluding carboxylic acids is 1. The molecule has 0 aliphatic heterocycles. The third-order valence-corrected chi connectivity index (χ3v) is 2.38. The van der Waals surface area contributed by atoms with Crippen molar-refractivity contribution in [1.82, 2.24) is 9.83 Å². The number of carbonyl (C=O) groups is 1. The van der Waals surface area contributed by atoms with Crippen LogP contribution in [-0.2, 0) is 0 Å². The third-order valence-electron chi connectivity index (χ3n) is 2.38. The normalized spacial score (nSPS) is 11.1. The number of rotatable bonds is 2. The van der Waals surface area contributed by atoms with Gasteiger partial charge in [0, 0.05) is 17.9 Å². The summed E-state index contributed by atoms with van der Waals surface area (Å²) < 4.78 is 1.86. The first-order valence-corrected chi connectivity index (χ1v) is 5.08. The molecule has 0 saturated carbocycles. The maximum absolute atomic E-state index is 11.9. The van der Waals surface area contributed by atoms with E-state index in [-0.39, 0.29) is 5.91 Å². The van der Waals surface area contributed by atoms with Crippen molar-refractivity contribution in [3.05, 3.63) is 41.7 Å². The van der Waals surface area contributed by atoms with Gasteiger partial charge in [-0.1, -0.05) is 6.07 Å². The van der Waals surface area contributed by atoms with Crippen LogP contribution in [0.1, 0.15) is 23.0 Å². The molecule has 1 amide bonds. The highest BCUT2D eigenvalue weighted by Gasteiger charge is 2.13. The Morgan fingerprint density at radius 1 is 1.50 bits per heavy atom. The molecular weight excluding hydrogens is 202 g/mol. The van der Waals surface area contributed by atoms with Crippen LogP contribution < -0.4 is 5.43 Å². The average Bonchev–Trinajstić information content (AvgIpc) is 2.62. The second kappa shape index (κ2) is 4.18. The molecule has 0 fully saturated rings. The van der Waals surface area contributed by atoms with Crippen molar-refractivity contribution in [2.24, 2.45) is 5.10 Å². The van der Waals surface area contributed by atoms with Gasteiger partial charge in [-0.15, -0.1) is 0 Å². The fourth-order valence-corrected chi connectivity index (χ4v) is 1.72. The van der Waals surface area contributed by atoms with E-state index in [1.807, 2.05) is 41.8 Å². The van der Waals surface area contributed by atoms with E-state index in [4.69, 9.17) is 0 Å². The number of nitrogens with zero attached hydrogens (tertiary/aromatic N) is 2. The van der Waals surface area contributed by atoms with Crippen molar-refractivity contribution in [2.75, 3.05) is 0 Å². The topological polar surface area (TPSA) is 45.9 Å². The van der Waals surface area contributed by atoms with Crippen LogP contribution in [0.2, 0.25) is 0 Å². The third kappa shape index (κ3) is 1.69. The zero-order chi connectivity index (χ0) is 11.5. The molecule has 16 heavy (non-hydrogen) atoms. The Balaban J connectivity index is 2.50. The summed E-state index contributed by atoms with van der Waals surface area (Å²) in [6.07, 6.45) is 3.41. The Bertz CT molecular complexity index is 554. The summed E-state index contributed by atoms with van der Waals surface area (Å²) in [4.78, 5) is 11.9. The standard InChI is InChI=1S/C12H13N3O/c1-3-13-14-12(16)11-9(2)8-10-6-4-5-7-15(10)11/h3-8H,1-2H3,(H,14,16)/b13-3+. The van der Waals surface area contributed by atoms with E-state index in [1.54, 1.807) is 13.1 Å². The van der Waals surface area contributed by atoms with Crippen LogP contribution in [0.15, 0.2) is 35.6 Å². The summed E-state index contributed by atoms with van der Waals surface area (Å²) in [7, 11) is 0. The molecule has 0 radical (unpaired) electrons. The maximum atomic E-state index is 11.9. The summed E-state index contributed by atoms with van der Waals surface area (Å²) in [6.45, 7) is 3.67. The van der Waals surface area contributed by atoms with E-state index >= 15 is 0 Å². The Morgan fingerprint density at radius 3 is 3.06 bits per heavy atom. The number of pyridine rings is 1. The molecule has 1 N–H and O–H groups in total. The molecule has 2 aromatic rings. The molecular formula is C12H13N3O. The highest BCUT2D eigenvalue weighted by Crippen LogP contribution is 2.15. The van der Waals surface area contributed by atoms with Gasteiger partial charge in [0.05, 0.1) is 0 Å². The molecule has 0 bridgehead atoms. The van der Waals surface area contributed by atoms with Gasteiger partial charge in [-0.3, -0.25) is 4.79 Å². The van der Waals surface area contributed by atoms with E-state index in [0.717, 1.165) is 11.1 Å². The number of hydrogen-bond acceptors (Lipinski definition) is 2. The number of fused-ring (bicyclic) bond motifs is 1. The minimum Gasteiger partial charge on any atom is -0.312 e. The van der Waals surface area contributed by atoms with Crippen LogP contribution in [0, 0.1) is 6.92 Å². The van der Waals surface area contributed by atoms with Crippen molar-refractivity contribution < 1.29 is 4.79 Å². The van der Waals surface area contributed by atoms with Crippen LogP contribution in [0.4, 0.5) is 0 Å². The monoisotopic (exact) mass is 215 g/mol. The Hall–Kier alpha value is -2.10. The molecule has 2 aromatic heterocycles. The van der Waals surface area contributed by atoms with E-state index in [0.29, 0.717) is 5.69 Å². The van der Waals surface area contributed by atoms with E-state index < -0.39 is 0 Å². The van der Waals surface area contributed by atoms with Crippen LogP contribution in [0.25, 0.3) is 5.52 Å². The van der Waals surface area contributed by atoms with Gasteiger partial charge in [0.2, 0.25) is 0 Å². The predicted molar refractivity (Wildman–Crippen MR) is 63.8 cm³/mol. The molecule has 0 unspecified atom stereocenters. The molecule has 2 rings (SSSR count). The zero-order valence-electron chi connectivity index (χ0n) is 9.27. The van der Waals surface area contributed by atoms with Gasteiger partial charge in [0.15, 0.2) is 0 Å². The lowest BCUT2D eigenvalue weighted by molar-refractivity contribution is 0.0948. The first kappa shape index (κ1) is 10.4. The number of aromatic nitrogens is 1. The number of hydrazone groups is 1. The van der Waals surface area contributed by atoms with E-state index in [9.17, 15) is 4.79 Å². The minimum absolute atomic E-state index is 0.193. The lowest BCUT2D eigenvalue weighted by Crippen LogP contribution is -2.20. The van der Waals surface area contributed by atoms with Gasteiger partial charge >= 0.3 is 0 Å². The Kier molecular flexibility index (Phi) is 2.72. The Morgan fingerprint density at radius 2 is 2.31 bits per heavy atom. The van der Waals surface area contributed by atoms with Crippen LogP contribution in [0.3, 0.4) is 0 Å². The van der Waals surface area contributed by atoms with Gasteiger partial charge in [0.25, 0.3) is 5.91 Å². The molecule has 0 aliphatic carbocycles. The number of aryl methyl sites for hydroxylation is 1. The highest BCUT2D eigenvalue weighted by atomic mass is 16.2. The zero-order valence-corrected chi connectivity index (χ0v) is 9.27. The first-order valence-electron chi connectivity index (χ1n) is 5.08. The molecule has 0 spiro atoms. The molecule has 0 aromatic carbocycles. The lowest BCUT2D eigenvalue weighted by atomic mass is 10.2.